The number of rotatable bonds is 12. The Balaban J connectivity index is 2.61. The minimum Gasteiger partial charge on any atom is -0.489 e. The summed E-state index contributed by atoms with van der Waals surface area (Å²) in [5, 5.41) is 36.5. The minimum atomic E-state index is -0.792. The van der Waals surface area contributed by atoms with Crippen molar-refractivity contribution in [2.75, 3.05) is 37.5 Å². The van der Waals surface area contributed by atoms with Crippen molar-refractivity contribution in [2.24, 2.45) is 10.2 Å². The third kappa shape index (κ3) is 6.92. The Labute approximate surface area is 203 Å². The monoisotopic (exact) mass is 538 g/mol. The lowest BCUT2D eigenvalue weighted by Crippen LogP contribution is -2.11. The van der Waals surface area contributed by atoms with Crippen molar-refractivity contribution in [3.8, 4) is 5.75 Å². The van der Waals surface area contributed by atoms with Gasteiger partial charge < -0.3 is 20.1 Å². The molecule has 0 saturated heterocycles. The predicted molar refractivity (Wildman–Crippen MR) is 129 cm³/mol. The Morgan fingerprint density at radius 3 is 2.38 bits per heavy atom. The first-order chi connectivity index (χ1) is 16.2. The number of carbonyl (C=O) groups excluding carboxylic acids is 1. The number of nitrogens with one attached hydrogen (secondary N) is 2. The van der Waals surface area contributed by atoms with Crippen LogP contribution >= 0.6 is 15.9 Å². The maximum atomic E-state index is 12.1. The molecule has 0 fully saturated rings. The number of hydrogen-bond acceptors (Lipinski definition) is 10. The standard InChI is InChI=1S/C20H23BrN6O7/c1-4-19(28)23-14-10-16(22-5-2)18(34-7-6-33-3)11-15(14)24-25-20-13(21)8-12(26(29)30)9-17(20)27(31)32/h8-11,22H,4-7H2,1-3H3,(H,23,28). The number of halogens is 1. The van der Waals surface area contributed by atoms with E-state index in [1.54, 1.807) is 13.0 Å². The van der Waals surface area contributed by atoms with Gasteiger partial charge in [-0.1, -0.05) is 6.92 Å². The molecule has 0 aliphatic carbocycles. The summed E-state index contributed by atoms with van der Waals surface area (Å²) < 4.78 is 10.8. The fraction of sp³-hybridized carbons (Fsp3) is 0.350. The van der Waals surface area contributed by atoms with Crippen LogP contribution in [0.5, 0.6) is 5.75 Å². The summed E-state index contributed by atoms with van der Waals surface area (Å²) in [6.45, 7) is 4.72. The van der Waals surface area contributed by atoms with Crippen molar-refractivity contribution in [1.82, 2.24) is 0 Å². The first-order valence-electron chi connectivity index (χ1n) is 10.1. The van der Waals surface area contributed by atoms with Crippen LogP contribution in [0.2, 0.25) is 0 Å². The summed E-state index contributed by atoms with van der Waals surface area (Å²) in [4.78, 5) is 33.1. The molecule has 0 aliphatic rings. The summed E-state index contributed by atoms with van der Waals surface area (Å²) in [5.41, 5.74) is -0.253. The Morgan fingerprint density at radius 1 is 1.06 bits per heavy atom. The van der Waals surface area contributed by atoms with Crippen LogP contribution in [-0.4, -0.2) is 42.6 Å². The lowest BCUT2D eigenvalue weighted by Gasteiger charge is -2.16. The van der Waals surface area contributed by atoms with E-state index < -0.39 is 21.2 Å². The number of nitro benzene ring substituents is 2. The van der Waals surface area contributed by atoms with Crippen LogP contribution in [0.4, 0.5) is 34.1 Å². The van der Waals surface area contributed by atoms with E-state index in [4.69, 9.17) is 9.47 Å². The Kier molecular flexibility index (Phi) is 9.82. The Bertz CT molecular complexity index is 1110. The van der Waals surface area contributed by atoms with E-state index >= 15 is 0 Å². The number of hydrogen-bond donors (Lipinski definition) is 2. The molecule has 34 heavy (non-hydrogen) atoms. The van der Waals surface area contributed by atoms with Crippen LogP contribution in [0.15, 0.2) is 39.0 Å². The second-order valence-corrected chi connectivity index (χ2v) is 7.50. The molecule has 0 saturated carbocycles. The van der Waals surface area contributed by atoms with Gasteiger partial charge in [0.15, 0.2) is 5.69 Å². The molecule has 0 aromatic heterocycles. The van der Waals surface area contributed by atoms with Gasteiger partial charge in [-0.2, -0.15) is 0 Å². The van der Waals surface area contributed by atoms with Gasteiger partial charge in [-0.25, -0.2) is 0 Å². The van der Waals surface area contributed by atoms with E-state index in [1.165, 1.54) is 13.2 Å². The lowest BCUT2D eigenvalue weighted by molar-refractivity contribution is -0.393. The molecule has 2 aromatic rings. The van der Waals surface area contributed by atoms with Gasteiger partial charge >= 0.3 is 5.69 Å². The van der Waals surface area contributed by atoms with Crippen molar-refractivity contribution in [1.29, 1.82) is 0 Å². The molecule has 13 nitrogen and oxygen atoms in total. The van der Waals surface area contributed by atoms with Gasteiger partial charge in [-0.05, 0) is 28.9 Å². The smallest absolute Gasteiger partial charge is 0.304 e. The largest absolute Gasteiger partial charge is 0.489 e. The number of non-ortho nitro benzene ring substituents is 1. The maximum absolute atomic E-state index is 12.1. The van der Waals surface area contributed by atoms with Crippen LogP contribution in [0, 0.1) is 20.2 Å². The fourth-order valence-electron chi connectivity index (χ4n) is 2.69. The number of benzene rings is 2. The topological polar surface area (TPSA) is 171 Å². The zero-order valence-corrected chi connectivity index (χ0v) is 20.2. The number of anilines is 2. The molecule has 2 N–H and O–H groups in total. The van der Waals surface area contributed by atoms with Crippen LogP contribution in [-0.2, 0) is 9.53 Å². The quantitative estimate of drug-likeness (QED) is 0.154. The van der Waals surface area contributed by atoms with Crippen molar-refractivity contribution in [2.45, 2.75) is 20.3 Å². The van der Waals surface area contributed by atoms with Crippen molar-refractivity contribution in [3.63, 3.8) is 0 Å². The molecule has 0 aliphatic heterocycles. The minimum absolute atomic E-state index is 0.0112. The van der Waals surface area contributed by atoms with Crippen molar-refractivity contribution >= 4 is 56.0 Å². The zero-order chi connectivity index (χ0) is 25.3. The first kappa shape index (κ1) is 26.6. The Hall–Kier alpha value is -3.65. The van der Waals surface area contributed by atoms with Crippen LogP contribution in [0.25, 0.3) is 0 Å². The summed E-state index contributed by atoms with van der Waals surface area (Å²) in [7, 11) is 1.53. The molecular formula is C20H23BrN6O7. The highest BCUT2D eigenvalue weighted by Crippen LogP contribution is 2.42. The first-order valence-corrected chi connectivity index (χ1v) is 10.9. The number of ether oxygens (including phenoxy) is 2. The van der Waals surface area contributed by atoms with E-state index in [9.17, 15) is 25.0 Å². The normalized spacial score (nSPS) is 10.8. The molecule has 2 aromatic carbocycles. The van der Waals surface area contributed by atoms with Gasteiger partial charge in [0.1, 0.15) is 18.0 Å². The molecular weight excluding hydrogens is 516 g/mol. The van der Waals surface area contributed by atoms with Gasteiger partial charge in [0.2, 0.25) is 5.91 Å². The highest BCUT2D eigenvalue weighted by molar-refractivity contribution is 9.10. The lowest BCUT2D eigenvalue weighted by atomic mass is 10.2. The van der Waals surface area contributed by atoms with Crippen molar-refractivity contribution < 1.29 is 24.1 Å². The molecule has 0 radical (unpaired) electrons. The van der Waals surface area contributed by atoms with Gasteiger partial charge in [-0.15, -0.1) is 10.2 Å². The average Bonchev–Trinajstić information content (AvgIpc) is 2.79. The van der Waals surface area contributed by atoms with E-state index in [0.29, 0.717) is 30.3 Å². The van der Waals surface area contributed by atoms with Gasteiger partial charge in [0.25, 0.3) is 5.69 Å². The highest BCUT2D eigenvalue weighted by atomic mass is 79.9. The number of carbonyl (C=O) groups is 1. The summed E-state index contributed by atoms with van der Waals surface area (Å²) in [5.74, 6) is 0.119. The average molecular weight is 539 g/mol. The number of amides is 1. The van der Waals surface area contributed by atoms with Crippen LogP contribution in [0.1, 0.15) is 20.3 Å². The maximum Gasteiger partial charge on any atom is 0.304 e. The van der Waals surface area contributed by atoms with Gasteiger partial charge in [0, 0.05) is 32.2 Å². The predicted octanol–water partition coefficient (Wildman–Crippen LogP) is 5.49. The number of azo groups is 1. The molecule has 14 heteroatoms. The molecule has 0 spiro atoms. The van der Waals surface area contributed by atoms with E-state index in [-0.39, 0.29) is 34.8 Å². The second kappa shape index (κ2) is 12.6. The zero-order valence-electron chi connectivity index (χ0n) is 18.7. The number of nitrogens with zero attached hydrogens (tertiary/aromatic N) is 4. The molecule has 0 atom stereocenters. The van der Waals surface area contributed by atoms with E-state index in [2.05, 4.69) is 36.8 Å². The highest BCUT2D eigenvalue weighted by Gasteiger charge is 2.24. The van der Waals surface area contributed by atoms with Gasteiger partial charge in [0.05, 0.1) is 38.4 Å². The molecule has 0 bridgehead atoms. The fourth-order valence-corrected chi connectivity index (χ4v) is 3.21. The summed E-state index contributed by atoms with van der Waals surface area (Å²) in [6.07, 6.45) is 0.207. The molecule has 182 valence electrons. The van der Waals surface area contributed by atoms with Crippen molar-refractivity contribution in [3.05, 3.63) is 49.0 Å². The molecule has 2 rings (SSSR count). The van der Waals surface area contributed by atoms with E-state index in [1.807, 2.05) is 6.92 Å². The van der Waals surface area contributed by atoms with Crippen LogP contribution < -0.4 is 15.4 Å². The van der Waals surface area contributed by atoms with Crippen LogP contribution in [0.3, 0.4) is 0 Å². The molecule has 0 heterocycles. The van der Waals surface area contributed by atoms with Gasteiger partial charge in [-0.3, -0.25) is 25.0 Å². The summed E-state index contributed by atoms with van der Waals surface area (Å²) in [6, 6.07) is 5.03. The third-order valence-electron chi connectivity index (χ3n) is 4.30. The number of methoxy groups -OCH3 is 1. The molecule has 0 unspecified atom stereocenters. The van der Waals surface area contributed by atoms with E-state index in [0.717, 1.165) is 12.1 Å². The summed E-state index contributed by atoms with van der Waals surface area (Å²) >= 11 is 3.09. The number of nitro groups is 2. The SMILES string of the molecule is CCNc1cc(NC(=O)CC)c(N=Nc2c(Br)cc([N+](=O)[O-])cc2[N+](=O)[O-])cc1OCCOC. The third-order valence-corrected chi connectivity index (χ3v) is 4.90. The molecule has 1 amide bonds. The second-order valence-electron chi connectivity index (χ2n) is 6.65. The Morgan fingerprint density at radius 2 is 1.79 bits per heavy atom.